The number of nitrogens with zero attached hydrogens (tertiary/aromatic N) is 2. The van der Waals surface area contributed by atoms with Crippen LogP contribution in [0, 0.1) is 11.3 Å². The smallest absolute Gasteiger partial charge is 0.318 e. The van der Waals surface area contributed by atoms with Crippen LogP contribution in [-0.2, 0) is 23.1 Å². The molecule has 1 heterocycles. The molecule has 0 radical (unpaired) electrons. The summed E-state index contributed by atoms with van der Waals surface area (Å²) in [6.45, 7) is 11.6. The van der Waals surface area contributed by atoms with E-state index in [1.165, 1.54) is 0 Å². The van der Waals surface area contributed by atoms with Crippen molar-refractivity contribution in [3.8, 4) is 6.07 Å². The number of benzene rings is 2. The Balaban J connectivity index is 1.75. The van der Waals surface area contributed by atoms with E-state index in [4.69, 9.17) is 0 Å². The maximum atomic E-state index is 13.5. The highest BCUT2D eigenvalue weighted by molar-refractivity contribution is 5.95. The molecule has 2 aliphatic rings. The van der Waals surface area contributed by atoms with Gasteiger partial charge in [-0.3, -0.25) is 9.59 Å². The zero-order chi connectivity index (χ0) is 29.0. The third-order valence-corrected chi connectivity index (χ3v) is 8.37. The first-order chi connectivity index (χ1) is 19.2. The van der Waals surface area contributed by atoms with E-state index in [1.54, 1.807) is 13.1 Å². The third-order valence-electron chi connectivity index (χ3n) is 8.37. The molecule has 1 amide bonds. The largest absolute Gasteiger partial charge is 0.480 e. The zero-order valence-electron chi connectivity index (χ0n) is 23.6. The van der Waals surface area contributed by atoms with E-state index in [1.807, 2.05) is 49.2 Å². The maximum absolute atomic E-state index is 13.5. The lowest BCUT2D eigenvalue weighted by Crippen LogP contribution is -2.45. The standard InChI is InChI=1S/C32H39N5O3/c1-20(36-19-21(2)37-14-6-7-27(37)18-33)17-32(31(39)40)28-12-10-23(22(3)34-4)15-24(28)8-9-25-16-26(30(38)35-5)11-13-29(25)32/h10-13,15-16,20,27,34,36H,2-3,6-9,14,17,19H2,1,4-5H3,(H,35,38)(H,39,40)/t20-,27?,32?/m1/s1. The number of aryl methyl sites for hydroxylation is 2. The minimum absolute atomic E-state index is 0.161. The molecule has 1 saturated heterocycles. The van der Waals surface area contributed by atoms with Crippen molar-refractivity contribution in [2.45, 2.75) is 56.5 Å². The first-order valence-electron chi connectivity index (χ1n) is 13.8. The van der Waals surface area contributed by atoms with Crippen molar-refractivity contribution in [1.29, 1.82) is 5.26 Å². The van der Waals surface area contributed by atoms with E-state index in [-0.39, 0.29) is 18.0 Å². The van der Waals surface area contributed by atoms with Crippen LogP contribution in [0.4, 0.5) is 0 Å². The number of amides is 1. The first-order valence-corrected chi connectivity index (χ1v) is 13.8. The molecule has 8 nitrogen and oxygen atoms in total. The van der Waals surface area contributed by atoms with Crippen LogP contribution in [0.15, 0.2) is 55.3 Å². The normalized spacial score (nSPS) is 20.4. The van der Waals surface area contributed by atoms with Gasteiger partial charge in [0.1, 0.15) is 11.5 Å². The number of likely N-dealkylation sites (tertiary alicyclic amines) is 1. The van der Waals surface area contributed by atoms with Crippen molar-refractivity contribution in [2.24, 2.45) is 0 Å². The Morgan fingerprint density at radius 1 is 1.10 bits per heavy atom. The molecule has 1 aliphatic carbocycles. The van der Waals surface area contributed by atoms with Gasteiger partial charge in [-0.25, -0.2) is 0 Å². The fourth-order valence-corrected chi connectivity index (χ4v) is 6.21. The molecule has 8 heteroatoms. The van der Waals surface area contributed by atoms with Gasteiger partial charge in [0.05, 0.1) is 6.07 Å². The molecular formula is C32H39N5O3. The molecule has 1 aliphatic heterocycles. The van der Waals surface area contributed by atoms with E-state index in [0.717, 1.165) is 53.0 Å². The molecular weight excluding hydrogens is 502 g/mol. The zero-order valence-corrected chi connectivity index (χ0v) is 23.6. The molecule has 210 valence electrons. The van der Waals surface area contributed by atoms with Gasteiger partial charge in [-0.05, 0) is 85.0 Å². The highest BCUT2D eigenvalue weighted by Crippen LogP contribution is 2.44. The molecule has 1 fully saturated rings. The van der Waals surface area contributed by atoms with Crippen LogP contribution in [0.3, 0.4) is 0 Å². The molecule has 0 bridgehead atoms. The van der Waals surface area contributed by atoms with E-state index < -0.39 is 11.4 Å². The predicted molar refractivity (Wildman–Crippen MR) is 157 cm³/mol. The summed E-state index contributed by atoms with van der Waals surface area (Å²) in [5, 5.41) is 29.7. The SMILES string of the molecule is C=C(NC)c1ccc2c(c1)CCc1cc(C(=O)NC)ccc1C2(C[C@@H](C)NCC(=C)N1CCCC1C#N)C(=O)O. The van der Waals surface area contributed by atoms with Crippen LogP contribution in [0.5, 0.6) is 0 Å². The van der Waals surface area contributed by atoms with E-state index in [9.17, 15) is 20.0 Å². The summed E-state index contributed by atoms with van der Waals surface area (Å²) in [4.78, 5) is 28.0. The molecule has 0 spiro atoms. The third kappa shape index (κ3) is 5.34. The van der Waals surface area contributed by atoms with Crippen molar-refractivity contribution >= 4 is 17.6 Å². The quantitative estimate of drug-likeness (QED) is 0.363. The number of hydrogen-bond donors (Lipinski definition) is 4. The number of carbonyl (C=O) groups is 2. The van der Waals surface area contributed by atoms with Gasteiger partial charge in [-0.2, -0.15) is 5.26 Å². The number of aliphatic carboxylic acids is 1. The Labute approximate surface area is 236 Å². The summed E-state index contributed by atoms with van der Waals surface area (Å²) in [5.41, 5.74) is 4.98. The fourth-order valence-electron chi connectivity index (χ4n) is 6.21. The minimum atomic E-state index is -1.33. The van der Waals surface area contributed by atoms with Gasteiger partial charge in [-0.15, -0.1) is 0 Å². The van der Waals surface area contributed by atoms with Gasteiger partial charge in [0.25, 0.3) is 5.91 Å². The summed E-state index contributed by atoms with van der Waals surface area (Å²) in [6, 6.07) is 13.2. The lowest BCUT2D eigenvalue weighted by atomic mass is 9.68. The topological polar surface area (TPSA) is 117 Å². The highest BCUT2D eigenvalue weighted by atomic mass is 16.4. The van der Waals surface area contributed by atoms with Gasteiger partial charge in [-0.1, -0.05) is 31.4 Å². The number of hydrogen-bond acceptors (Lipinski definition) is 6. The van der Waals surface area contributed by atoms with Crippen LogP contribution in [0.2, 0.25) is 0 Å². The number of carboxylic acids is 1. The molecule has 0 aromatic heterocycles. The average Bonchev–Trinajstić information content (AvgIpc) is 3.40. The summed E-state index contributed by atoms with van der Waals surface area (Å²) in [5.74, 6) is -1.13. The average molecular weight is 542 g/mol. The Hall–Kier alpha value is -4.09. The number of fused-ring (bicyclic) bond motifs is 2. The first kappa shape index (κ1) is 28.9. The molecule has 3 atom stereocenters. The fraction of sp³-hybridized carbons (Fsp3) is 0.406. The van der Waals surface area contributed by atoms with Gasteiger partial charge < -0.3 is 26.0 Å². The van der Waals surface area contributed by atoms with Crippen LogP contribution < -0.4 is 16.0 Å². The van der Waals surface area contributed by atoms with Gasteiger partial charge in [0.2, 0.25) is 0 Å². The molecule has 40 heavy (non-hydrogen) atoms. The van der Waals surface area contributed by atoms with E-state index in [0.29, 0.717) is 36.9 Å². The summed E-state index contributed by atoms with van der Waals surface area (Å²) >= 11 is 0. The highest BCUT2D eigenvalue weighted by Gasteiger charge is 2.47. The number of nitrogens with one attached hydrogen (secondary N) is 3. The van der Waals surface area contributed by atoms with Crippen molar-refractivity contribution in [2.75, 3.05) is 27.2 Å². The van der Waals surface area contributed by atoms with Crippen molar-refractivity contribution < 1.29 is 14.7 Å². The minimum Gasteiger partial charge on any atom is -0.480 e. The number of carbonyl (C=O) groups excluding carboxylic acids is 1. The van der Waals surface area contributed by atoms with Crippen LogP contribution in [-0.4, -0.2) is 61.2 Å². The monoisotopic (exact) mass is 541 g/mol. The Morgan fingerprint density at radius 3 is 2.30 bits per heavy atom. The van der Waals surface area contributed by atoms with Crippen molar-refractivity contribution in [1.82, 2.24) is 20.9 Å². The Kier molecular flexibility index (Phi) is 8.65. The summed E-state index contributed by atoms with van der Waals surface area (Å²) in [6.07, 6.45) is 3.34. The Bertz CT molecular complexity index is 1310. The van der Waals surface area contributed by atoms with Gasteiger partial charge in [0, 0.05) is 50.2 Å². The van der Waals surface area contributed by atoms with Gasteiger partial charge >= 0.3 is 5.97 Å². The predicted octanol–water partition coefficient (Wildman–Crippen LogP) is 3.58. The van der Waals surface area contributed by atoms with Gasteiger partial charge in [0.15, 0.2) is 0 Å². The van der Waals surface area contributed by atoms with Crippen molar-refractivity contribution in [3.63, 3.8) is 0 Å². The van der Waals surface area contributed by atoms with Crippen molar-refractivity contribution in [3.05, 3.63) is 88.6 Å². The number of rotatable bonds is 10. The second-order valence-corrected chi connectivity index (χ2v) is 10.8. The Morgan fingerprint density at radius 2 is 1.73 bits per heavy atom. The van der Waals surface area contributed by atoms with E-state index in [2.05, 4.69) is 35.2 Å². The molecule has 2 aromatic carbocycles. The summed E-state index contributed by atoms with van der Waals surface area (Å²) < 4.78 is 0. The lowest BCUT2D eigenvalue weighted by molar-refractivity contribution is -0.142. The lowest BCUT2D eigenvalue weighted by Gasteiger charge is -2.35. The molecule has 2 unspecified atom stereocenters. The van der Waals surface area contributed by atoms with E-state index >= 15 is 0 Å². The molecule has 0 saturated carbocycles. The molecule has 4 rings (SSSR count). The summed E-state index contributed by atoms with van der Waals surface area (Å²) in [7, 11) is 3.40. The number of nitriles is 1. The van der Waals surface area contributed by atoms with Crippen LogP contribution >= 0.6 is 0 Å². The van der Waals surface area contributed by atoms with Crippen LogP contribution in [0.1, 0.15) is 64.4 Å². The maximum Gasteiger partial charge on any atom is 0.318 e. The molecule has 4 N–H and O–H groups in total. The number of carboxylic acid groups (broad SMARTS) is 1. The molecule has 2 aromatic rings. The second-order valence-electron chi connectivity index (χ2n) is 10.8. The second kappa shape index (κ2) is 12.0. The van der Waals surface area contributed by atoms with Crippen LogP contribution in [0.25, 0.3) is 5.70 Å².